The molecule has 1 aromatic carbocycles. The fourth-order valence-electron chi connectivity index (χ4n) is 2.76. The van der Waals surface area contributed by atoms with E-state index in [-0.39, 0.29) is 5.82 Å². The van der Waals surface area contributed by atoms with Crippen molar-refractivity contribution in [3.8, 4) is 0 Å². The van der Waals surface area contributed by atoms with Crippen LogP contribution in [-0.2, 0) is 0 Å². The van der Waals surface area contributed by atoms with Gasteiger partial charge in [-0.3, -0.25) is 4.98 Å². The predicted molar refractivity (Wildman–Crippen MR) is 84.2 cm³/mol. The Balaban J connectivity index is 1.57. The number of hydrogen-bond donors (Lipinski definition) is 1. The molecule has 0 atom stereocenters. The number of aromatic nitrogens is 1. The van der Waals surface area contributed by atoms with Crippen molar-refractivity contribution in [2.45, 2.75) is 25.8 Å². The molecule has 3 nitrogen and oxygen atoms in total. The Morgan fingerprint density at radius 2 is 1.86 bits per heavy atom. The van der Waals surface area contributed by atoms with Crippen molar-refractivity contribution in [3.63, 3.8) is 0 Å². The van der Waals surface area contributed by atoms with E-state index in [1.165, 1.54) is 5.69 Å². The second kappa shape index (κ2) is 6.12. The summed E-state index contributed by atoms with van der Waals surface area (Å²) in [6.07, 6.45) is 5.76. The van der Waals surface area contributed by atoms with Gasteiger partial charge in [-0.15, -0.1) is 0 Å². The molecule has 1 aliphatic heterocycles. The summed E-state index contributed by atoms with van der Waals surface area (Å²) in [5, 5.41) is 3.44. The summed E-state index contributed by atoms with van der Waals surface area (Å²) in [6, 6.07) is 9.86. The summed E-state index contributed by atoms with van der Waals surface area (Å²) in [6.45, 7) is 3.80. The Hall–Kier alpha value is -2.10. The van der Waals surface area contributed by atoms with Gasteiger partial charge >= 0.3 is 0 Å². The molecule has 2 heterocycles. The van der Waals surface area contributed by atoms with Gasteiger partial charge in [-0.2, -0.15) is 0 Å². The van der Waals surface area contributed by atoms with Gasteiger partial charge in [0.1, 0.15) is 5.82 Å². The summed E-state index contributed by atoms with van der Waals surface area (Å²) in [5.74, 6) is -0.144. The highest BCUT2D eigenvalue weighted by Gasteiger charge is 2.19. The van der Waals surface area contributed by atoms with Crippen molar-refractivity contribution in [3.05, 3.63) is 54.1 Å². The monoisotopic (exact) mass is 285 g/mol. The summed E-state index contributed by atoms with van der Waals surface area (Å²) >= 11 is 0. The van der Waals surface area contributed by atoms with Crippen LogP contribution in [0.2, 0.25) is 0 Å². The Morgan fingerprint density at radius 1 is 1.14 bits per heavy atom. The Labute approximate surface area is 124 Å². The van der Waals surface area contributed by atoms with Crippen LogP contribution in [0.3, 0.4) is 0 Å². The number of rotatable bonds is 3. The van der Waals surface area contributed by atoms with Gasteiger partial charge in [-0.1, -0.05) is 6.07 Å². The molecule has 1 aliphatic rings. The van der Waals surface area contributed by atoms with Gasteiger partial charge in [-0.25, -0.2) is 4.39 Å². The van der Waals surface area contributed by atoms with Gasteiger partial charge in [0.2, 0.25) is 0 Å². The van der Waals surface area contributed by atoms with Crippen molar-refractivity contribution in [2.75, 3.05) is 23.3 Å². The van der Waals surface area contributed by atoms with Crippen LogP contribution < -0.4 is 10.2 Å². The van der Waals surface area contributed by atoms with Gasteiger partial charge in [0.25, 0.3) is 0 Å². The maximum atomic E-state index is 13.6. The number of pyridine rings is 1. The van der Waals surface area contributed by atoms with Crippen LogP contribution >= 0.6 is 0 Å². The highest BCUT2D eigenvalue weighted by Crippen LogP contribution is 2.22. The molecule has 0 amide bonds. The van der Waals surface area contributed by atoms with Crippen molar-refractivity contribution in [1.29, 1.82) is 0 Å². The average Bonchev–Trinajstić information content (AvgIpc) is 2.53. The van der Waals surface area contributed by atoms with E-state index < -0.39 is 0 Å². The quantitative estimate of drug-likeness (QED) is 0.933. The van der Waals surface area contributed by atoms with Gasteiger partial charge in [0, 0.05) is 42.9 Å². The molecule has 1 N–H and O–H groups in total. The predicted octanol–water partition coefficient (Wildman–Crippen LogP) is 3.61. The van der Waals surface area contributed by atoms with E-state index in [9.17, 15) is 4.39 Å². The molecule has 0 saturated carbocycles. The number of anilines is 2. The largest absolute Gasteiger partial charge is 0.382 e. The minimum absolute atomic E-state index is 0.144. The molecule has 2 aromatic rings. The molecule has 1 fully saturated rings. The number of hydrogen-bond acceptors (Lipinski definition) is 3. The van der Waals surface area contributed by atoms with Crippen LogP contribution in [-0.4, -0.2) is 24.1 Å². The Morgan fingerprint density at radius 3 is 2.52 bits per heavy atom. The van der Waals surface area contributed by atoms with Crippen molar-refractivity contribution >= 4 is 11.4 Å². The zero-order chi connectivity index (χ0) is 14.7. The highest BCUT2D eigenvalue weighted by atomic mass is 19.1. The number of benzene rings is 1. The lowest BCUT2D eigenvalue weighted by molar-refractivity contribution is 0.526. The molecule has 1 aromatic heterocycles. The zero-order valence-electron chi connectivity index (χ0n) is 12.2. The first kappa shape index (κ1) is 13.9. The topological polar surface area (TPSA) is 28.2 Å². The molecular weight excluding hydrogens is 265 g/mol. The minimum Gasteiger partial charge on any atom is -0.382 e. The normalized spacial score (nSPS) is 16.0. The SMILES string of the molecule is Cc1ccc(NC2CCN(c3ccncc3)CC2)cc1F. The summed E-state index contributed by atoms with van der Waals surface area (Å²) in [4.78, 5) is 6.42. The Kier molecular flexibility index (Phi) is 4.04. The van der Waals surface area contributed by atoms with E-state index in [2.05, 4.69) is 15.2 Å². The van der Waals surface area contributed by atoms with Crippen molar-refractivity contribution in [1.82, 2.24) is 4.98 Å². The van der Waals surface area contributed by atoms with Crippen LogP contribution in [0.5, 0.6) is 0 Å². The van der Waals surface area contributed by atoms with Crippen LogP contribution in [0, 0.1) is 12.7 Å². The third kappa shape index (κ3) is 3.32. The minimum atomic E-state index is -0.144. The molecule has 110 valence electrons. The second-order valence-corrected chi connectivity index (χ2v) is 5.58. The number of nitrogens with zero attached hydrogens (tertiary/aromatic N) is 2. The van der Waals surface area contributed by atoms with Crippen LogP contribution in [0.15, 0.2) is 42.7 Å². The smallest absolute Gasteiger partial charge is 0.128 e. The summed E-state index contributed by atoms with van der Waals surface area (Å²) in [7, 11) is 0. The maximum Gasteiger partial charge on any atom is 0.128 e. The first-order valence-electron chi connectivity index (χ1n) is 7.40. The van der Waals surface area contributed by atoms with E-state index in [4.69, 9.17) is 0 Å². The number of piperidine rings is 1. The number of nitrogens with one attached hydrogen (secondary N) is 1. The van der Waals surface area contributed by atoms with Crippen LogP contribution in [0.25, 0.3) is 0 Å². The van der Waals surface area contributed by atoms with Crippen LogP contribution in [0.4, 0.5) is 15.8 Å². The maximum absolute atomic E-state index is 13.6. The molecule has 0 radical (unpaired) electrons. The highest BCUT2D eigenvalue weighted by molar-refractivity contribution is 5.48. The lowest BCUT2D eigenvalue weighted by atomic mass is 10.0. The van der Waals surface area contributed by atoms with Crippen molar-refractivity contribution in [2.24, 2.45) is 0 Å². The third-order valence-corrected chi connectivity index (χ3v) is 4.07. The Bertz CT molecular complexity index is 592. The number of aryl methyl sites for hydroxylation is 1. The first-order valence-corrected chi connectivity index (χ1v) is 7.40. The van der Waals surface area contributed by atoms with Gasteiger partial charge in [0.15, 0.2) is 0 Å². The second-order valence-electron chi connectivity index (χ2n) is 5.58. The fraction of sp³-hybridized carbons (Fsp3) is 0.353. The van der Waals surface area contributed by atoms with Gasteiger partial charge in [-0.05, 0) is 49.6 Å². The molecule has 0 aliphatic carbocycles. The molecule has 0 bridgehead atoms. The van der Waals surface area contributed by atoms with Gasteiger partial charge < -0.3 is 10.2 Å². The third-order valence-electron chi connectivity index (χ3n) is 4.07. The zero-order valence-corrected chi connectivity index (χ0v) is 12.2. The molecule has 1 saturated heterocycles. The van der Waals surface area contributed by atoms with Crippen molar-refractivity contribution < 1.29 is 4.39 Å². The number of halogens is 1. The van der Waals surface area contributed by atoms with Crippen LogP contribution in [0.1, 0.15) is 18.4 Å². The van der Waals surface area contributed by atoms with E-state index >= 15 is 0 Å². The van der Waals surface area contributed by atoms with Gasteiger partial charge in [0.05, 0.1) is 0 Å². The molecule has 21 heavy (non-hydrogen) atoms. The molecular formula is C17H20FN3. The van der Waals surface area contributed by atoms with E-state index in [1.54, 1.807) is 13.0 Å². The molecule has 4 heteroatoms. The molecule has 0 spiro atoms. The molecule has 3 rings (SSSR count). The summed E-state index contributed by atoms with van der Waals surface area (Å²) < 4.78 is 13.6. The molecule has 0 unspecified atom stereocenters. The van der Waals surface area contributed by atoms with E-state index in [0.29, 0.717) is 11.6 Å². The first-order chi connectivity index (χ1) is 10.2. The summed E-state index contributed by atoms with van der Waals surface area (Å²) in [5.41, 5.74) is 2.79. The van der Waals surface area contributed by atoms with E-state index in [1.807, 2.05) is 36.7 Å². The fourth-order valence-corrected chi connectivity index (χ4v) is 2.76. The standard InChI is InChI=1S/C17H20FN3/c1-13-2-3-15(12-17(13)18)20-14-6-10-21(11-7-14)16-4-8-19-9-5-16/h2-5,8-9,12,14,20H,6-7,10-11H2,1H3. The average molecular weight is 285 g/mol. The van der Waals surface area contributed by atoms with E-state index in [0.717, 1.165) is 31.6 Å². The lowest BCUT2D eigenvalue weighted by Crippen LogP contribution is -2.39. The lowest BCUT2D eigenvalue weighted by Gasteiger charge is -2.34.